The number of hydrogen-bond acceptors (Lipinski definition) is 5. The zero-order chi connectivity index (χ0) is 12.3. The Balaban J connectivity index is 0.00000162. The Morgan fingerprint density at radius 3 is 2.61 bits per heavy atom. The van der Waals surface area contributed by atoms with Crippen molar-refractivity contribution in [1.29, 1.82) is 0 Å². The second-order valence-corrected chi connectivity index (χ2v) is 4.23. The van der Waals surface area contributed by atoms with E-state index < -0.39 is 4.92 Å². The lowest BCUT2D eigenvalue weighted by molar-refractivity contribution is -0.385. The first-order valence-corrected chi connectivity index (χ1v) is 5.61. The predicted octanol–water partition coefficient (Wildman–Crippen LogP) is 1.88. The lowest BCUT2D eigenvalue weighted by Crippen LogP contribution is -2.35. The van der Waals surface area contributed by atoms with Crippen LogP contribution in [0.15, 0.2) is 18.3 Å². The van der Waals surface area contributed by atoms with Gasteiger partial charge in [0.15, 0.2) is 0 Å². The Kier molecular flexibility index (Phi) is 5.30. The van der Waals surface area contributed by atoms with E-state index in [0.717, 1.165) is 25.9 Å². The maximum absolute atomic E-state index is 10.5. The number of piperidine rings is 1. The minimum Gasteiger partial charge on any atom is -0.474 e. The van der Waals surface area contributed by atoms with Gasteiger partial charge in [0.2, 0.25) is 5.88 Å². The van der Waals surface area contributed by atoms with Crippen molar-refractivity contribution >= 4 is 18.1 Å². The maximum Gasteiger partial charge on any atom is 0.287 e. The molecular formula is C11H16ClN3O3. The van der Waals surface area contributed by atoms with Crippen LogP contribution in [0, 0.1) is 10.1 Å². The number of rotatable bonds is 3. The molecule has 0 N–H and O–H groups in total. The van der Waals surface area contributed by atoms with Crippen molar-refractivity contribution in [2.24, 2.45) is 0 Å². The Labute approximate surface area is 112 Å². The number of nitrogens with zero attached hydrogens (tertiary/aromatic N) is 3. The van der Waals surface area contributed by atoms with E-state index in [4.69, 9.17) is 4.74 Å². The summed E-state index contributed by atoms with van der Waals surface area (Å²) in [6, 6.07) is 2.97. The van der Waals surface area contributed by atoms with E-state index in [9.17, 15) is 10.1 Å². The molecule has 1 fully saturated rings. The molecule has 100 valence electrons. The summed E-state index contributed by atoms with van der Waals surface area (Å²) in [5.74, 6) is 0.463. The number of aromatic nitrogens is 1. The lowest BCUT2D eigenvalue weighted by atomic mass is 10.1. The summed E-state index contributed by atoms with van der Waals surface area (Å²) in [7, 11) is 2.08. The zero-order valence-corrected chi connectivity index (χ0v) is 10.9. The summed E-state index contributed by atoms with van der Waals surface area (Å²) < 4.78 is 5.68. The van der Waals surface area contributed by atoms with Gasteiger partial charge in [-0.15, -0.1) is 12.4 Å². The van der Waals surface area contributed by atoms with Crippen LogP contribution in [0.5, 0.6) is 5.88 Å². The van der Waals surface area contributed by atoms with Crippen molar-refractivity contribution in [3.05, 3.63) is 28.4 Å². The predicted molar refractivity (Wildman–Crippen MR) is 69.3 cm³/mol. The highest BCUT2D eigenvalue weighted by molar-refractivity contribution is 5.85. The normalized spacial score (nSPS) is 16.9. The molecule has 6 nitrogen and oxygen atoms in total. The van der Waals surface area contributed by atoms with Gasteiger partial charge in [-0.25, -0.2) is 4.98 Å². The van der Waals surface area contributed by atoms with Crippen molar-refractivity contribution in [3.63, 3.8) is 0 Å². The smallest absolute Gasteiger partial charge is 0.287 e. The third-order valence-corrected chi connectivity index (χ3v) is 2.88. The van der Waals surface area contributed by atoms with Crippen LogP contribution in [-0.4, -0.2) is 41.0 Å². The molecule has 0 unspecified atom stereocenters. The Morgan fingerprint density at radius 1 is 1.44 bits per heavy atom. The van der Waals surface area contributed by atoms with Crippen LogP contribution in [-0.2, 0) is 0 Å². The van der Waals surface area contributed by atoms with E-state index in [-0.39, 0.29) is 24.2 Å². The molecule has 0 aromatic carbocycles. The Morgan fingerprint density at radius 2 is 2.11 bits per heavy atom. The van der Waals surface area contributed by atoms with Crippen LogP contribution in [0.2, 0.25) is 0 Å². The lowest BCUT2D eigenvalue weighted by Gasteiger charge is -2.28. The molecule has 0 spiro atoms. The van der Waals surface area contributed by atoms with Gasteiger partial charge < -0.3 is 9.64 Å². The van der Waals surface area contributed by atoms with Gasteiger partial charge in [0, 0.05) is 25.2 Å². The summed E-state index contributed by atoms with van der Waals surface area (Å²) in [5, 5.41) is 10.5. The average Bonchev–Trinajstić information content (AvgIpc) is 2.33. The van der Waals surface area contributed by atoms with Crippen molar-refractivity contribution in [3.8, 4) is 5.88 Å². The molecule has 1 aliphatic rings. The van der Waals surface area contributed by atoms with Crippen LogP contribution in [0.3, 0.4) is 0 Å². The van der Waals surface area contributed by atoms with Crippen LogP contribution in [0.25, 0.3) is 0 Å². The van der Waals surface area contributed by atoms with E-state index in [1.54, 1.807) is 6.07 Å². The zero-order valence-electron chi connectivity index (χ0n) is 10.1. The third kappa shape index (κ3) is 3.82. The Hall–Kier alpha value is -1.40. The molecule has 0 amide bonds. The Bertz CT molecular complexity index is 391. The van der Waals surface area contributed by atoms with Gasteiger partial charge in [0.1, 0.15) is 12.3 Å². The van der Waals surface area contributed by atoms with Gasteiger partial charge in [-0.05, 0) is 19.9 Å². The minimum absolute atomic E-state index is 0. The first-order valence-electron chi connectivity index (χ1n) is 5.61. The van der Waals surface area contributed by atoms with Crippen molar-refractivity contribution < 1.29 is 9.66 Å². The highest BCUT2D eigenvalue weighted by Gasteiger charge is 2.18. The summed E-state index contributed by atoms with van der Waals surface area (Å²) in [4.78, 5) is 16.2. The molecule has 1 saturated heterocycles. The van der Waals surface area contributed by atoms with Crippen molar-refractivity contribution in [2.75, 3.05) is 20.1 Å². The summed E-state index contributed by atoms with van der Waals surface area (Å²) in [5.41, 5.74) is -0.0132. The number of likely N-dealkylation sites (tertiary alicyclic amines) is 1. The molecule has 2 heterocycles. The van der Waals surface area contributed by atoms with Gasteiger partial charge in [-0.1, -0.05) is 0 Å². The number of pyridine rings is 1. The molecule has 0 bridgehead atoms. The molecule has 0 aliphatic carbocycles. The second-order valence-electron chi connectivity index (χ2n) is 4.23. The van der Waals surface area contributed by atoms with Gasteiger partial charge in [0.05, 0.1) is 4.92 Å². The summed E-state index contributed by atoms with van der Waals surface area (Å²) >= 11 is 0. The van der Waals surface area contributed by atoms with E-state index in [1.165, 1.54) is 12.3 Å². The second kappa shape index (κ2) is 6.51. The van der Waals surface area contributed by atoms with E-state index in [1.807, 2.05) is 0 Å². The maximum atomic E-state index is 10.5. The highest BCUT2D eigenvalue weighted by atomic mass is 35.5. The molecule has 0 saturated carbocycles. The SMILES string of the molecule is CN1CCC(Oc2ccc([N+](=O)[O-])cn2)CC1.Cl. The fourth-order valence-corrected chi connectivity index (χ4v) is 1.82. The first kappa shape index (κ1) is 14.7. The summed E-state index contributed by atoms with van der Waals surface area (Å²) in [6.45, 7) is 2.02. The van der Waals surface area contributed by atoms with Crippen LogP contribution < -0.4 is 4.74 Å². The topological polar surface area (TPSA) is 68.5 Å². The van der Waals surface area contributed by atoms with Crippen LogP contribution in [0.1, 0.15) is 12.8 Å². The number of ether oxygens (including phenoxy) is 1. The molecule has 7 heteroatoms. The molecule has 18 heavy (non-hydrogen) atoms. The van der Waals surface area contributed by atoms with E-state index >= 15 is 0 Å². The first-order chi connectivity index (χ1) is 8.15. The fourth-order valence-electron chi connectivity index (χ4n) is 1.82. The molecule has 1 aromatic rings. The quantitative estimate of drug-likeness (QED) is 0.621. The van der Waals surface area contributed by atoms with Crippen molar-refractivity contribution in [2.45, 2.75) is 18.9 Å². The molecule has 0 radical (unpaired) electrons. The standard InChI is InChI=1S/C11H15N3O3.ClH/c1-13-6-4-10(5-7-13)17-11-3-2-9(8-12-11)14(15)16;/h2-3,8,10H,4-7H2,1H3;1H. The van der Waals surface area contributed by atoms with Crippen LogP contribution in [0.4, 0.5) is 5.69 Å². The molecule has 0 atom stereocenters. The number of hydrogen-bond donors (Lipinski definition) is 0. The highest BCUT2D eigenvalue weighted by Crippen LogP contribution is 2.18. The van der Waals surface area contributed by atoms with E-state index in [0.29, 0.717) is 5.88 Å². The molecule has 1 aliphatic heterocycles. The fraction of sp³-hybridized carbons (Fsp3) is 0.545. The van der Waals surface area contributed by atoms with Gasteiger partial charge in [0.25, 0.3) is 5.69 Å². The third-order valence-electron chi connectivity index (χ3n) is 2.88. The van der Waals surface area contributed by atoms with Gasteiger partial charge in [-0.2, -0.15) is 0 Å². The monoisotopic (exact) mass is 273 g/mol. The number of halogens is 1. The van der Waals surface area contributed by atoms with Crippen LogP contribution >= 0.6 is 12.4 Å². The molecule has 1 aromatic heterocycles. The number of nitro groups is 1. The average molecular weight is 274 g/mol. The van der Waals surface area contributed by atoms with E-state index in [2.05, 4.69) is 16.9 Å². The van der Waals surface area contributed by atoms with Crippen molar-refractivity contribution in [1.82, 2.24) is 9.88 Å². The molecular weight excluding hydrogens is 258 g/mol. The molecule has 2 rings (SSSR count). The summed E-state index contributed by atoms with van der Waals surface area (Å²) in [6.07, 6.45) is 3.33. The minimum atomic E-state index is -0.466. The largest absolute Gasteiger partial charge is 0.474 e. The van der Waals surface area contributed by atoms with Gasteiger partial charge in [-0.3, -0.25) is 10.1 Å². The van der Waals surface area contributed by atoms with Gasteiger partial charge >= 0.3 is 0 Å².